The van der Waals surface area contributed by atoms with E-state index in [-0.39, 0.29) is 0 Å². The van der Waals surface area contributed by atoms with Crippen LogP contribution in [-0.4, -0.2) is 13.1 Å². The van der Waals surface area contributed by atoms with E-state index >= 15 is 0 Å². The maximum atomic E-state index is 13.3. The number of methoxy groups -OCH3 is 1. The van der Waals surface area contributed by atoms with Gasteiger partial charge in [-0.2, -0.15) is 0 Å². The van der Waals surface area contributed by atoms with Crippen molar-refractivity contribution in [3.63, 3.8) is 0 Å². The van der Waals surface area contributed by atoms with Gasteiger partial charge in [-0.15, -0.1) is 0 Å². The van der Waals surface area contributed by atoms with Crippen molar-refractivity contribution in [3.8, 4) is 44.9 Å². The van der Waals surface area contributed by atoms with Crippen molar-refractivity contribution in [2.24, 2.45) is 0 Å². The topological polar surface area (TPSA) is 35.5 Å². The lowest BCUT2D eigenvalue weighted by Gasteiger charge is -2.35. The van der Waals surface area contributed by atoms with E-state index in [4.69, 9.17) is 9.47 Å². The van der Waals surface area contributed by atoms with Crippen molar-refractivity contribution in [2.75, 3.05) is 7.11 Å². The maximum Gasteiger partial charge on any atom is 0.343 e. The van der Waals surface area contributed by atoms with E-state index < -0.39 is 11.4 Å². The van der Waals surface area contributed by atoms with Crippen molar-refractivity contribution in [1.82, 2.24) is 0 Å². The lowest BCUT2D eigenvalue weighted by Crippen LogP contribution is -2.29. The van der Waals surface area contributed by atoms with Crippen LogP contribution in [0.25, 0.3) is 33.4 Å². The second-order valence-electron chi connectivity index (χ2n) is 12.0. The average Bonchev–Trinajstić information content (AvgIpc) is 3.47. The highest BCUT2D eigenvalue weighted by atomic mass is 16.5. The first-order valence-corrected chi connectivity index (χ1v) is 16.1. The lowest BCUT2D eigenvalue weighted by molar-refractivity contribution is 0.0735. The summed E-state index contributed by atoms with van der Waals surface area (Å²) in [5, 5.41) is 0. The SMILES string of the molecule is COc1ccc(C2(c3ccc(OC(=O)c4ccccc4)c(-c4ccccc4)c3)c3ccccc3-c3ccccc32)cc1-c1ccccc1. The predicted molar refractivity (Wildman–Crippen MR) is 193 cm³/mol. The molecule has 7 aromatic rings. The van der Waals surface area contributed by atoms with Gasteiger partial charge in [-0.1, -0.05) is 140 Å². The summed E-state index contributed by atoms with van der Waals surface area (Å²) in [6.07, 6.45) is 0. The summed E-state index contributed by atoms with van der Waals surface area (Å²) >= 11 is 0. The smallest absolute Gasteiger partial charge is 0.343 e. The van der Waals surface area contributed by atoms with E-state index in [0.29, 0.717) is 11.3 Å². The van der Waals surface area contributed by atoms with Gasteiger partial charge in [0.05, 0.1) is 18.1 Å². The molecular formula is C45H32O3. The Balaban J connectivity index is 1.41. The van der Waals surface area contributed by atoms with Crippen LogP contribution in [0.1, 0.15) is 32.6 Å². The third-order valence-corrected chi connectivity index (χ3v) is 9.38. The Morgan fingerprint density at radius 2 is 0.896 bits per heavy atom. The van der Waals surface area contributed by atoms with Crippen LogP contribution in [0.4, 0.5) is 0 Å². The molecule has 0 fully saturated rings. The summed E-state index contributed by atoms with van der Waals surface area (Å²) in [5.41, 5.74) is 10.7. The minimum Gasteiger partial charge on any atom is -0.496 e. The molecule has 230 valence electrons. The Kier molecular flexibility index (Phi) is 7.43. The Labute approximate surface area is 280 Å². The second kappa shape index (κ2) is 12.2. The second-order valence-corrected chi connectivity index (χ2v) is 12.0. The zero-order valence-electron chi connectivity index (χ0n) is 26.5. The molecule has 1 aliphatic rings. The first-order valence-electron chi connectivity index (χ1n) is 16.1. The van der Waals surface area contributed by atoms with Gasteiger partial charge in [-0.3, -0.25) is 0 Å². The molecule has 3 nitrogen and oxygen atoms in total. The van der Waals surface area contributed by atoms with Crippen LogP contribution in [0, 0.1) is 0 Å². The molecule has 8 rings (SSSR count). The lowest BCUT2D eigenvalue weighted by atomic mass is 9.67. The molecule has 0 N–H and O–H groups in total. The molecule has 0 atom stereocenters. The van der Waals surface area contributed by atoms with Crippen LogP contribution in [0.5, 0.6) is 11.5 Å². The van der Waals surface area contributed by atoms with E-state index in [9.17, 15) is 4.79 Å². The summed E-state index contributed by atoms with van der Waals surface area (Å²) in [5.74, 6) is 0.926. The van der Waals surface area contributed by atoms with E-state index in [1.165, 1.54) is 22.3 Å². The number of hydrogen-bond acceptors (Lipinski definition) is 3. The highest BCUT2D eigenvalue weighted by molar-refractivity contribution is 5.93. The van der Waals surface area contributed by atoms with Gasteiger partial charge in [0.25, 0.3) is 0 Å². The number of fused-ring (bicyclic) bond motifs is 3. The van der Waals surface area contributed by atoms with Crippen LogP contribution >= 0.6 is 0 Å². The van der Waals surface area contributed by atoms with E-state index in [1.807, 2.05) is 48.5 Å². The summed E-state index contributed by atoms with van der Waals surface area (Å²) in [4.78, 5) is 13.3. The van der Waals surface area contributed by atoms with Crippen molar-refractivity contribution in [3.05, 3.63) is 204 Å². The van der Waals surface area contributed by atoms with Crippen LogP contribution < -0.4 is 9.47 Å². The molecule has 0 saturated carbocycles. The Morgan fingerprint density at radius 1 is 0.458 bits per heavy atom. The number of carbonyl (C=O) groups excluding carboxylic acids is 1. The first kappa shape index (κ1) is 29.2. The van der Waals surface area contributed by atoms with Gasteiger partial charge >= 0.3 is 5.97 Å². The van der Waals surface area contributed by atoms with Crippen LogP contribution in [-0.2, 0) is 5.41 Å². The number of esters is 1. The summed E-state index contributed by atoms with van der Waals surface area (Å²) in [6, 6.07) is 59.8. The molecule has 0 aliphatic heterocycles. The fourth-order valence-corrected chi connectivity index (χ4v) is 7.24. The van der Waals surface area contributed by atoms with Crippen molar-refractivity contribution in [1.29, 1.82) is 0 Å². The molecule has 0 unspecified atom stereocenters. The fourth-order valence-electron chi connectivity index (χ4n) is 7.24. The molecule has 48 heavy (non-hydrogen) atoms. The van der Waals surface area contributed by atoms with Crippen molar-refractivity contribution >= 4 is 5.97 Å². The summed E-state index contributed by atoms with van der Waals surface area (Å²) in [6.45, 7) is 0. The third kappa shape index (κ3) is 4.80. The monoisotopic (exact) mass is 620 g/mol. The molecule has 0 bridgehead atoms. The minimum absolute atomic E-state index is 0.394. The van der Waals surface area contributed by atoms with Crippen molar-refractivity contribution < 1.29 is 14.3 Å². The third-order valence-electron chi connectivity index (χ3n) is 9.38. The number of ether oxygens (including phenoxy) is 2. The van der Waals surface area contributed by atoms with Gasteiger partial charge in [-0.05, 0) is 80.9 Å². The van der Waals surface area contributed by atoms with Crippen LogP contribution in [0.2, 0.25) is 0 Å². The number of benzene rings is 7. The molecule has 1 aliphatic carbocycles. The quantitative estimate of drug-likeness (QED) is 0.131. The highest BCUT2D eigenvalue weighted by Crippen LogP contribution is 2.57. The Morgan fingerprint density at radius 3 is 1.42 bits per heavy atom. The Hall–Kier alpha value is -6.19. The first-order chi connectivity index (χ1) is 23.7. The molecule has 0 saturated heterocycles. The number of carbonyl (C=O) groups is 1. The molecular weight excluding hydrogens is 588 g/mol. The number of rotatable bonds is 7. The summed E-state index contributed by atoms with van der Waals surface area (Å²) in [7, 11) is 1.72. The van der Waals surface area contributed by atoms with E-state index in [1.54, 1.807) is 19.2 Å². The van der Waals surface area contributed by atoms with E-state index in [2.05, 4.69) is 115 Å². The number of hydrogen-bond donors (Lipinski definition) is 0. The van der Waals surface area contributed by atoms with Gasteiger partial charge in [0.1, 0.15) is 11.5 Å². The van der Waals surface area contributed by atoms with Gasteiger partial charge in [0.2, 0.25) is 0 Å². The highest BCUT2D eigenvalue weighted by Gasteiger charge is 2.46. The predicted octanol–water partition coefficient (Wildman–Crippen LogP) is 10.6. The average molecular weight is 621 g/mol. The van der Waals surface area contributed by atoms with Gasteiger partial charge < -0.3 is 9.47 Å². The molecule has 7 aromatic carbocycles. The van der Waals surface area contributed by atoms with Gasteiger partial charge in [0, 0.05) is 11.1 Å². The molecule has 0 amide bonds. The molecule has 3 heteroatoms. The summed E-state index contributed by atoms with van der Waals surface area (Å²) < 4.78 is 12.0. The Bertz CT molecular complexity index is 2210. The van der Waals surface area contributed by atoms with Crippen LogP contribution in [0.15, 0.2) is 176 Å². The molecule has 0 heterocycles. The fraction of sp³-hybridized carbons (Fsp3) is 0.0444. The normalized spacial score (nSPS) is 12.5. The van der Waals surface area contributed by atoms with Gasteiger partial charge in [-0.25, -0.2) is 4.79 Å². The molecule has 0 spiro atoms. The van der Waals surface area contributed by atoms with Crippen LogP contribution in [0.3, 0.4) is 0 Å². The molecule has 0 aromatic heterocycles. The largest absolute Gasteiger partial charge is 0.496 e. The van der Waals surface area contributed by atoms with Gasteiger partial charge in [0.15, 0.2) is 0 Å². The molecule has 0 radical (unpaired) electrons. The maximum absolute atomic E-state index is 13.3. The minimum atomic E-state index is -0.672. The van der Waals surface area contributed by atoms with E-state index in [0.717, 1.165) is 39.1 Å². The zero-order valence-corrected chi connectivity index (χ0v) is 26.5. The standard InChI is InChI=1S/C45H32O3/c1-47-42-27-25-34(29-38(42)31-15-5-2-6-16-31)45(40-23-13-11-21-36(40)37-22-12-14-24-41(37)45)35-26-28-43(39(30-35)32-17-7-3-8-18-32)48-44(46)33-19-9-4-10-20-33/h2-30H,1H3. The zero-order chi connectivity index (χ0) is 32.5. The van der Waals surface area contributed by atoms with Crippen molar-refractivity contribution in [2.45, 2.75) is 5.41 Å².